The van der Waals surface area contributed by atoms with Crippen LogP contribution in [-0.4, -0.2) is 35.2 Å². The lowest BCUT2D eigenvalue weighted by Gasteiger charge is -2.34. The summed E-state index contributed by atoms with van der Waals surface area (Å²) in [6.07, 6.45) is 1.97. The van der Waals surface area contributed by atoms with Gasteiger partial charge in [0.1, 0.15) is 17.7 Å². The summed E-state index contributed by atoms with van der Waals surface area (Å²) in [7, 11) is 0. The Morgan fingerprint density at radius 1 is 1.28 bits per heavy atom. The van der Waals surface area contributed by atoms with E-state index >= 15 is 0 Å². The minimum atomic E-state index is -0.154. The van der Waals surface area contributed by atoms with Gasteiger partial charge < -0.3 is 24.8 Å². The van der Waals surface area contributed by atoms with E-state index in [0.29, 0.717) is 30.9 Å². The standard InChI is InChI=1S/C22H25N3O4/c1-13-18(10-26)20-19(9-23-22(20)27)24-21(13)25-6-4-16(5-7-25)29-17-3-2-14-11-28-12-15(14)8-17/h2-3,8,16,26H,4-7,9-12H2,1H3,(H,23,27). The lowest BCUT2D eigenvalue weighted by Crippen LogP contribution is -2.39. The maximum absolute atomic E-state index is 12.1. The molecule has 29 heavy (non-hydrogen) atoms. The van der Waals surface area contributed by atoms with E-state index in [1.165, 1.54) is 11.1 Å². The van der Waals surface area contributed by atoms with Crippen LogP contribution in [0.15, 0.2) is 18.2 Å². The molecule has 2 N–H and O–H groups in total. The number of nitrogens with zero attached hydrogens (tertiary/aromatic N) is 2. The molecule has 0 aliphatic carbocycles. The Balaban J connectivity index is 1.29. The number of benzene rings is 1. The summed E-state index contributed by atoms with van der Waals surface area (Å²) in [6.45, 7) is 5.23. The van der Waals surface area contributed by atoms with Crippen molar-refractivity contribution in [2.45, 2.75) is 52.2 Å². The Labute approximate surface area is 169 Å². The molecule has 0 bridgehead atoms. The smallest absolute Gasteiger partial charge is 0.253 e. The second kappa shape index (κ2) is 7.31. The second-order valence-corrected chi connectivity index (χ2v) is 7.93. The highest BCUT2D eigenvalue weighted by Gasteiger charge is 2.30. The number of ether oxygens (including phenoxy) is 2. The van der Waals surface area contributed by atoms with Gasteiger partial charge in [-0.05, 0) is 41.3 Å². The minimum absolute atomic E-state index is 0.141. The lowest BCUT2D eigenvalue weighted by molar-refractivity contribution is 0.0963. The van der Waals surface area contributed by atoms with Crippen molar-refractivity contribution in [3.63, 3.8) is 0 Å². The van der Waals surface area contributed by atoms with Crippen LogP contribution < -0.4 is 15.0 Å². The van der Waals surface area contributed by atoms with Gasteiger partial charge in [-0.3, -0.25) is 4.79 Å². The zero-order valence-electron chi connectivity index (χ0n) is 16.5. The number of hydrogen-bond donors (Lipinski definition) is 2. The molecule has 0 atom stereocenters. The first kappa shape index (κ1) is 18.4. The zero-order chi connectivity index (χ0) is 20.0. The summed E-state index contributed by atoms with van der Waals surface area (Å²) < 4.78 is 11.7. The molecule has 5 rings (SSSR count). The van der Waals surface area contributed by atoms with Crippen molar-refractivity contribution in [3.8, 4) is 5.75 Å². The lowest BCUT2D eigenvalue weighted by atomic mass is 10.0. The number of carbonyl (C=O) groups excluding carboxylic acids is 1. The molecule has 1 fully saturated rings. The van der Waals surface area contributed by atoms with Gasteiger partial charge in [0.25, 0.3) is 5.91 Å². The van der Waals surface area contributed by atoms with Gasteiger partial charge in [-0.1, -0.05) is 6.07 Å². The molecule has 7 heteroatoms. The first-order valence-electron chi connectivity index (χ1n) is 10.2. The highest BCUT2D eigenvalue weighted by atomic mass is 16.5. The third-order valence-corrected chi connectivity index (χ3v) is 6.16. The van der Waals surface area contributed by atoms with Crippen molar-refractivity contribution in [3.05, 3.63) is 51.7 Å². The number of amides is 1. The van der Waals surface area contributed by atoms with E-state index in [1.54, 1.807) is 0 Å². The average molecular weight is 395 g/mol. The molecular weight excluding hydrogens is 370 g/mol. The Morgan fingerprint density at radius 3 is 2.86 bits per heavy atom. The molecule has 7 nitrogen and oxygen atoms in total. The first-order valence-corrected chi connectivity index (χ1v) is 10.2. The average Bonchev–Trinajstić information content (AvgIpc) is 3.35. The van der Waals surface area contributed by atoms with Crippen LogP contribution in [0.1, 0.15) is 51.1 Å². The van der Waals surface area contributed by atoms with Crippen molar-refractivity contribution in [1.29, 1.82) is 0 Å². The van der Waals surface area contributed by atoms with E-state index in [2.05, 4.69) is 22.3 Å². The van der Waals surface area contributed by atoms with Crippen LogP contribution >= 0.6 is 0 Å². The summed E-state index contributed by atoms with van der Waals surface area (Å²) in [5, 5.41) is 12.6. The van der Waals surface area contributed by atoms with Crippen LogP contribution in [0.4, 0.5) is 5.82 Å². The third-order valence-electron chi connectivity index (χ3n) is 6.16. The molecule has 1 amide bonds. The summed E-state index contributed by atoms with van der Waals surface area (Å²) in [5.74, 6) is 1.64. The number of fused-ring (bicyclic) bond motifs is 2. The molecule has 3 aliphatic heterocycles. The van der Waals surface area contributed by atoms with Gasteiger partial charge in [0, 0.05) is 25.9 Å². The monoisotopic (exact) mass is 395 g/mol. The van der Waals surface area contributed by atoms with Gasteiger partial charge in [0.15, 0.2) is 0 Å². The van der Waals surface area contributed by atoms with E-state index < -0.39 is 0 Å². The SMILES string of the molecule is Cc1c(N2CCC(Oc3ccc4c(c3)COC4)CC2)nc2c(c1CO)C(=O)NC2. The van der Waals surface area contributed by atoms with Crippen LogP contribution in [0.3, 0.4) is 0 Å². The number of carbonyl (C=O) groups is 1. The van der Waals surface area contributed by atoms with Gasteiger partial charge >= 0.3 is 0 Å². The van der Waals surface area contributed by atoms with Gasteiger partial charge in [0.05, 0.1) is 37.6 Å². The van der Waals surface area contributed by atoms with Gasteiger partial charge in [-0.2, -0.15) is 0 Å². The van der Waals surface area contributed by atoms with Gasteiger partial charge in [0.2, 0.25) is 0 Å². The normalized spacial score (nSPS) is 18.6. The molecule has 1 aromatic heterocycles. The molecule has 1 aromatic carbocycles. The second-order valence-electron chi connectivity index (χ2n) is 7.93. The maximum Gasteiger partial charge on any atom is 0.253 e. The first-order chi connectivity index (χ1) is 14.1. The highest BCUT2D eigenvalue weighted by Crippen LogP contribution is 2.32. The van der Waals surface area contributed by atoms with Crippen molar-refractivity contribution < 1.29 is 19.4 Å². The highest BCUT2D eigenvalue weighted by molar-refractivity contribution is 6.00. The summed E-state index contributed by atoms with van der Waals surface area (Å²) in [5.41, 5.74) is 5.33. The molecule has 1 saturated heterocycles. The predicted octanol–water partition coefficient (Wildman–Crippen LogP) is 2.20. The van der Waals surface area contributed by atoms with Crippen LogP contribution in [0.25, 0.3) is 0 Å². The largest absolute Gasteiger partial charge is 0.490 e. The van der Waals surface area contributed by atoms with E-state index in [4.69, 9.17) is 14.5 Å². The molecule has 0 spiro atoms. The summed E-state index contributed by atoms with van der Waals surface area (Å²) in [4.78, 5) is 19.1. The van der Waals surface area contributed by atoms with E-state index in [9.17, 15) is 9.90 Å². The zero-order valence-corrected chi connectivity index (χ0v) is 16.5. The van der Waals surface area contributed by atoms with Crippen LogP contribution in [0.2, 0.25) is 0 Å². The summed E-state index contributed by atoms with van der Waals surface area (Å²) >= 11 is 0. The fraction of sp³-hybridized carbons (Fsp3) is 0.455. The quantitative estimate of drug-likeness (QED) is 0.826. The fourth-order valence-electron chi connectivity index (χ4n) is 4.52. The summed E-state index contributed by atoms with van der Waals surface area (Å²) in [6, 6.07) is 6.22. The van der Waals surface area contributed by atoms with Crippen molar-refractivity contribution in [2.75, 3.05) is 18.0 Å². The molecule has 0 unspecified atom stereocenters. The number of anilines is 1. The molecule has 2 aromatic rings. The number of aliphatic hydroxyl groups excluding tert-OH is 1. The topological polar surface area (TPSA) is 83.9 Å². The Bertz CT molecular complexity index is 967. The van der Waals surface area contributed by atoms with Crippen LogP contribution in [0.5, 0.6) is 5.75 Å². The number of nitrogens with one attached hydrogen (secondary N) is 1. The molecular formula is C22H25N3O4. The third kappa shape index (κ3) is 3.24. The number of pyridine rings is 1. The Morgan fingerprint density at radius 2 is 2.07 bits per heavy atom. The van der Waals surface area contributed by atoms with Crippen molar-refractivity contribution >= 4 is 11.7 Å². The Hall–Kier alpha value is -2.64. The van der Waals surface area contributed by atoms with E-state index in [1.807, 2.05) is 13.0 Å². The van der Waals surface area contributed by atoms with Crippen molar-refractivity contribution in [2.24, 2.45) is 0 Å². The van der Waals surface area contributed by atoms with Crippen LogP contribution in [0, 0.1) is 6.92 Å². The maximum atomic E-state index is 12.1. The fourth-order valence-corrected chi connectivity index (χ4v) is 4.52. The molecule has 0 radical (unpaired) electrons. The predicted molar refractivity (Wildman–Crippen MR) is 107 cm³/mol. The van der Waals surface area contributed by atoms with E-state index in [0.717, 1.165) is 48.8 Å². The van der Waals surface area contributed by atoms with Crippen LogP contribution in [-0.2, 0) is 31.1 Å². The Kier molecular flexibility index (Phi) is 4.64. The van der Waals surface area contributed by atoms with Gasteiger partial charge in [-0.25, -0.2) is 4.98 Å². The molecule has 4 heterocycles. The van der Waals surface area contributed by atoms with Crippen molar-refractivity contribution in [1.82, 2.24) is 10.3 Å². The number of hydrogen-bond acceptors (Lipinski definition) is 6. The number of aromatic nitrogens is 1. The minimum Gasteiger partial charge on any atom is -0.490 e. The molecule has 152 valence electrons. The number of aliphatic hydroxyl groups is 1. The molecule has 3 aliphatic rings. The number of piperidine rings is 1. The van der Waals surface area contributed by atoms with E-state index in [-0.39, 0.29) is 18.6 Å². The number of rotatable bonds is 4. The molecule has 0 saturated carbocycles. The van der Waals surface area contributed by atoms with Gasteiger partial charge in [-0.15, -0.1) is 0 Å².